The van der Waals surface area contributed by atoms with Crippen LogP contribution in [0.15, 0.2) is 24.3 Å². The lowest BCUT2D eigenvalue weighted by atomic mass is 9.72. The monoisotopic (exact) mass is 387 g/mol. The number of nitrogens with zero attached hydrogens (tertiary/aromatic N) is 2. The number of carbonyl (C=O) groups is 2. The van der Waals surface area contributed by atoms with Gasteiger partial charge in [0, 0.05) is 39.0 Å². The molecule has 3 fully saturated rings. The topological polar surface area (TPSA) is 52.7 Å². The van der Waals surface area contributed by atoms with Crippen LogP contribution in [0.5, 0.6) is 0 Å². The molecule has 5 nitrogen and oxygen atoms in total. The number of piperidine rings is 2. The third-order valence-corrected chi connectivity index (χ3v) is 7.30. The van der Waals surface area contributed by atoms with Crippen molar-refractivity contribution in [1.82, 2.24) is 15.3 Å². The summed E-state index contributed by atoms with van der Waals surface area (Å²) in [6.45, 7) is 6.68. The van der Waals surface area contributed by atoms with Crippen molar-refractivity contribution < 1.29 is 14.0 Å². The van der Waals surface area contributed by atoms with Crippen LogP contribution in [0.3, 0.4) is 0 Å². The van der Waals surface area contributed by atoms with Crippen molar-refractivity contribution in [1.29, 1.82) is 0 Å². The summed E-state index contributed by atoms with van der Waals surface area (Å²) < 4.78 is 13.2. The third kappa shape index (κ3) is 3.43. The minimum atomic E-state index is -0.250. The highest BCUT2D eigenvalue weighted by atomic mass is 19.1. The van der Waals surface area contributed by atoms with E-state index >= 15 is 0 Å². The van der Waals surface area contributed by atoms with Crippen molar-refractivity contribution in [2.24, 2.45) is 16.7 Å². The van der Waals surface area contributed by atoms with Gasteiger partial charge in [0.15, 0.2) is 0 Å². The van der Waals surface area contributed by atoms with E-state index in [2.05, 4.69) is 19.3 Å². The van der Waals surface area contributed by atoms with Gasteiger partial charge in [0.1, 0.15) is 5.82 Å². The summed E-state index contributed by atoms with van der Waals surface area (Å²) in [6.07, 6.45) is 3.60. The Morgan fingerprint density at radius 1 is 1.14 bits per heavy atom. The number of amides is 2. The Balaban J connectivity index is 1.34. The quantitative estimate of drug-likeness (QED) is 0.868. The van der Waals surface area contributed by atoms with Crippen LogP contribution in [0.1, 0.15) is 51.0 Å². The molecule has 1 aromatic carbocycles. The SMILES string of the molecule is CN1CC2(CCC1=O)CCN(NC(=O)C1C(c3ccc(F)cc3)C1(C)C)CC2. The van der Waals surface area contributed by atoms with Gasteiger partial charge in [-0.1, -0.05) is 26.0 Å². The van der Waals surface area contributed by atoms with Crippen LogP contribution in [0.25, 0.3) is 0 Å². The molecule has 2 amide bonds. The van der Waals surface area contributed by atoms with Crippen molar-refractivity contribution in [3.05, 3.63) is 35.6 Å². The molecule has 6 heteroatoms. The van der Waals surface area contributed by atoms with E-state index in [4.69, 9.17) is 0 Å². The van der Waals surface area contributed by atoms with Gasteiger partial charge in [0.05, 0.1) is 5.92 Å². The number of hydrogen-bond donors (Lipinski definition) is 1. The van der Waals surface area contributed by atoms with Gasteiger partial charge in [-0.2, -0.15) is 0 Å². The first-order valence-corrected chi connectivity index (χ1v) is 10.3. The van der Waals surface area contributed by atoms with Crippen LogP contribution in [0, 0.1) is 22.6 Å². The fourth-order valence-electron chi connectivity index (χ4n) is 5.38. The molecule has 0 aromatic heterocycles. The Kier molecular flexibility index (Phi) is 4.73. The number of hydrazine groups is 1. The Morgan fingerprint density at radius 2 is 1.79 bits per heavy atom. The molecule has 2 unspecified atom stereocenters. The molecule has 2 heterocycles. The molecule has 2 atom stereocenters. The van der Waals surface area contributed by atoms with E-state index in [0.29, 0.717) is 6.42 Å². The highest BCUT2D eigenvalue weighted by Gasteiger charge is 2.62. The predicted octanol–water partition coefficient (Wildman–Crippen LogP) is 2.93. The van der Waals surface area contributed by atoms with Crippen LogP contribution in [0.2, 0.25) is 0 Å². The largest absolute Gasteiger partial charge is 0.345 e. The van der Waals surface area contributed by atoms with Gasteiger partial charge in [0.2, 0.25) is 11.8 Å². The van der Waals surface area contributed by atoms with Gasteiger partial charge in [-0.25, -0.2) is 9.40 Å². The molecule has 2 saturated heterocycles. The zero-order valence-corrected chi connectivity index (χ0v) is 17.0. The van der Waals surface area contributed by atoms with Gasteiger partial charge < -0.3 is 4.90 Å². The summed E-state index contributed by atoms with van der Waals surface area (Å²) in [5.74, 6) is 0.0883. The molecule has 1 spiro atoms. The second-order valence-electron chi connectivity index (χ2n) is 9.54. The van der Waals surface area contributed by atoms with Crippen LogP contribution >= 0.6 is 0 Å². The zero-order chi connectivity index (χ0) is 20.1. The Hall–Kier alpha value is -1.95. The number of benzene rings is 1. The van der Waals surface area contributed by atoms with Crippen molar-refractivity contribution in [3.8, 4) is 0 Å². The summed E-state index contributed by atoms with van der Waals surface area (Å²) in [5, 5.41) is 2.04. The van der Waals surface area contributed by atoms with Crippen molar-refractivity contribution in [3.63, 3.8) is 0 Å². The maximum Gasteiger partial charge on any atom is 0.238 e. The fraction of sp³-hybridized carbons (Fsp3) is 0.636. The van der Waals surface area contributed by atoms with E-state index in [1.165, 1.54) is 12.1 Å². The Labute approximate surface area is 166 Å². The molecule has 4 rings (SSSR count). The van der Waals surface area contributed by atoms with E-state index in [0.717, 1.165) is 44.5 Å². The summed E-state index contributed by atoms with van der Waals surface area (Å²) in [4.78, 5) is 26.6. The number of rotatable bonds is 3. The minimum Gasteiger partial charge on any atom is -0.345 e. The number of nitrogens with one attached hydrogen (secondary N) is 1. The van der Waals surface area contributed by atoms with E-state index in [-0.39, 0.29) is 40.3 Å². The Bertz CT molecular complexity index is 768. The predicted molar refractivity (Wildman–Crippen MR) is 105 cm³/mol. The molecule has 1 N–H and O–H groups in total. The molecular weight excluding hydrogens is 357 g/mol. The molecule has 152 valence electrons. The lowest BCUT2D eigenvalue weighted by molar-refractivity contribution is -0.138. The summed E-state index contributed by atoms with van der Waals surface area (Å²) in [5.41, 5.74) is 4.24. The number of hydrogen-bond acceptors (Lipinski definition) is 3. The summed E-state index contributed by atoms with van der Waals surface area (Å²) in [7, 11) is 1.89. The van der Waals surface area contributed by atoms with Crippen LogP contribution in [-0.2, 0) is 9.59 Å². The first kappa shape index (κ1) is 19.4. The smallest absolute Gasteiger partial charge is 0.238 e. The average Bonchev–Trinajstić information content (AvgIpc) is 3.24. The minimum absolute atomic E-state index is 0.0613. The maximum absolute atomic E-state index is 13.2. The van der Waals surface area contributed by atoms with Crippen LogP contribution in [0.4, 0.5) is 4.39 Å². The first-order valence-electron chi connectivity index (χ1n) is 10.3. The van der Waals surface area contributed by atoms with Crippen molar-refractivity contribution >= 4 is 11.8 Å². The van der Waals surface area contributed by atoms with Gasteiger partial charge >= 0.3 is 0 Å². The van der Waals surface area contributed by atoms with Gasteiger partial charge in [-0.05, 0) is 47.8 Å². The summed E-state index contributed by atoms with van der Waals surface area (Å²) in [6, 6.07) is 6.52. The van der Waals surface area contributed by atoms with Crippen LogP contribution < -0.4 is 5.43 Å². The normalized spacial score (nSPS) is 29.0. The van der Waals surface area contributed by atoms with Gasteiger partial charge in [-0.3, -0.25) is 15.0 Å². The Morgan fingerprint density at radius 3 is 2.39 bits per heavy atom. The third-order valence-electron chi connectivity index (χ3n) is 7.30. The second kappa shape index (κ2) is 6.83. The van der Waals surface area contributed by atoms with Gasteiger partial charge in [0.25, 0.3) is 0 Å². The van der Waals surface area contributed by atoms with E-state index in [1.807, 2.05) is 17.0 Å². The first-order chi connectivity index (χ1) is 13.2. The van der Waals surface area contributed by atoms with E-state index in [1.54, 1.807) is 12.1 Å². The van der Waals surface area contributed by atoms with Crippen molar-refractivity contribution in [2.75, 3.05) is 26.7 Å². The van der Waals surface area contributed by atoms with E-state index < -0.39 is 0 Å². The number of likely N-dealkylation sites (tertiary alicyclic amines) is 1. The molecule has 0 bridgehead atoms. The molecule has 28 heavy (non-hydrogen) atoms. The molecule has 0 radical (unpaired) electrons. The molecular formula is C22H30FN3O2. The highest BCUT2D eigenvalue weighted by molar-refractivity contribution is 5.84. The lowest BCUT2D eigenvalue weighted by Gasteiger charge is -2.46. The molecule has 1 saturated carbocycles. The van der Waals surface area contributed by atoms with Crippen molar-refractivity contribution in [2.45, 2.75) is 45.4 Å². The average molecular weight is 387 g/mol. The summed E-state index contributed by atoms with van der Waals surface area (Å²) >= 11 is 0. The number of halogens is 1. The number of carbonyl (C=O) groups excluding carboxylic acids is 2. The fourth-order valence-corrected chi connectivity index (χ4v) is 5.38. The molecule has 1 aromatic rings. The standard InChI is InChI=1S/C22H30FN3O2/c1-21(2)18(15-4-6-16(23)7-5-15)19(21)20(28)24-26-12-10-22(11-13-26)9-8-17(27)25(3)14-22/h4-7,18-19H,8-14H2,1-3H3,(H,24,28). The lowest BCUT2D eigenvalue weighted by Crippen LogP contribution is -2.54. The second-order valence-corrected chi connectivity index (χ2v) is 9.54. The van der Waals surface area contributed by atoms with E-state index in [9.17, 15) is 14.0 Å². The molecule has 1 aliphatic carbocycles. The maximum atomic E-state index is 13.2. The molecule has 2 aliphatic heterocycles. The zero-order valence-electron chi connectivity index (χ0n) is 17.0. The molecule has 3 aliphatic rings. The van der Waals surface area contributed by atoms with Crippen LogP contribution in [-0.4, -0.2) is 48.4 Å². The van der Waals surface area contributed by atoms with Gasteiger partial charge in [-0.15, -0.1) is 0 Å². The highest BCUT2D eigenvalue weighted by Crippen LogP contribution is 2.64.